The number of aryl methyl sites for hydroxylation is 2. The summed E-state index contributed by atoms with van der Waals surface area (Å²) in [6.45, 7) is 3.87. The van der Waals surface area contributed by atoms with E-state index in [4.69, 9.17) is 16.0 Å². The smallest absolute Gasteiger partial charge is 0.291 e. The number of thioether (sulfide) groups is 1. The van der Waals surface area contributed by atoms with Crippen molar-refractivity contribution in [2.45, 2.75) is 24.8 Å². The highest BCUT2D eigenvalue weighted by Crippen LogP contribution is 2.24. The van der Waals surface area contributed by atoms with Crippen LogP contribution in [0.5, 0.6) is 0 Å². The molecule has 2 heterocycles. The van der Waals surface area contributed by atoms with Crippen molar-refractivity contribution < 1.29 is 9.21 Å². The number of furan rings is 1. The van der Waals surface area contributed by atoms with Crippen molar-refractivity contribution >= 4 is 35.0 Å². The number of halogens is 1. The Labute approximate surface area is 154 Å². The van der Waals surface area contributed by atoms with Gasteiger partial charge in [0, 0.05) is 11.4 Å². The molecule has 128 valence electrons. The number of anilines is 1. The van der Waals surface area contributed by atoms with Gasteiger partial charge in [-0.15, -0.1) is 0 Å². The fourth-order valence-corrected chi connectivity index (χ4v) is 3.24. The molecule has 0 aliphatic rings. The summed E-state index contributed by atoms with van der Waals surface area (Å²) in [6, 6.07) is 12.4. The van der Waals surface area contributed by atoms with Crippen molar-refractivity contribution in [3.05, 3.63) is 70.4 Å². The molecule has 0 unspecified atom stereocenters. The van der Waals surface area contributed by atoms with Crippen LogP contribution in [0.3, 0.4) is 0 Å². The number of rotatable bonds is 5. The second kappa shape index (κ2) is 7.72. The summed E-state index contributed by atoms with van der Waals surface area (Å²) in [4.78, 5) is 21.0. The number of hydrogen-bond donors (Lipinski definition) is 1. The summed E-state index contributed by atoms with van der Waals surface area (Å²) in [5, 5.41) is 3.90. The normalized spacial score (nSPS) is 10.7. The Morgan fingerprint density at radius 1 is 1.16 bits per heavy atom. The molecule has 3 aromatic rings. The minimum atomic E-state index is -0.341. The average Bonchev–Trinajstić information content (AvgIpc) is 3.03. The number of carbonyl (C=O) groups excluding carboxylic acids is 1. The van der Waals surface area contributed by atoms with Crippen LogP contribution in [-0.2, 0) is 5.75 Å². The number of amides is 1. The maximum absolute atomic E-state index is 12.2. The second-order valence-electron chi connectivity index (χ2n) is 5.42. The van der Waals surface area contributed by atoms with E-state index < -0.39 is 0 Å². The second-order valence-corrected chi connectivity index (χ2v) is 6.77. The molecule has 1 aromatic carbocycles. The maximum atomic E-state index is 12.2. The predicted molar refractivity (Wildman–Crippen MR) is 99.2 cm³/mol. The van der Waals surface area contributed by atoms with Crippen LogP contribution < -0.4 is 5.32 Å². The first-order chi connectivity index (χ1) is 12.0. The summed E-state index contributed by atoms with van der Waals surface area (Å²) in [6.07, 6.45) is 0. The number of nitrogens with zero attached hydrogens (tertiary/aromatic N) is 2. The quantitative estimate of drug-likeness (QED) is 0.509. The van der Waals surface area contributed by atoms with Gasteiger partial charge in [-0.05, 0) is 44.2 Å². The molecule has 1 amide bonds. The van der Waals surface area contributed by atoms with Crippen LogP contribution in [0.1, 0.15) is 27.7 Å². The van der Waals surface area contributed by atoms with E-state index in [0.29, 0.717) is 27.4 Å². The summed E-state index contributed by atoms with van der Waals surface area (Å²) in [7, 11) is 0. The summed E-state index contributed by atoms with van der Waals surface area (Å²) >= 11 is 7.51. The highest BCUT2D eigenvalue weighted by atomic mass is 35.5. The van der Waals surface area contributed by atoms with Gasteiger partial charge in [0.05, 0.1) is 16.5 Å². The fourth-order valence-electron chi connectivity index (χ4n) is 2.22. The maximum Gasteiger partial charge on any atom is 0.291 e. The lowest BCUT2D eigenvalue weighted by atomic mass is 10.3. The summed E-state index contributed by atoms with van der Waals surface area (Å²) in [5.41, 5.74) is 2.40. The van der Waals surface area contributed by atoms with E-state index in [0.717, 1.165) is 11.4 Å². The minimum Gasteiger partial charge on any atom is -0.455 e. The third-order valence-corrected chi connectivity index (χ3v) is 4.51. The lowest BCUT2D eigenvalue weighted by Crippen LogP contribution is -2.11. The number of aromatic nitrogens is 2. The molecule has 0 aliphatic carbocycles. The molecule has 0 atom stereocenters. The third-order valence-electron chi connectivity index (χ3n) is 3.31. The van der Waals surface area contributed by atoms with E-state index in [2.05, 4.69) is 15.3 Å². The Morgan fingerprint density at radius 3 is 2.60 bits per heavy atom. The molecule has 0 bridgehead atoms. The highest BCUT2D eigenvalue weighted by molar-refractivity contribution is 7.98. The van der Waals surface area contributed by atoms with Gasteiger partial charge < -0.3 is 9.73 Å². The largest absolute Gasteiger partial charge is 0.455 e. The molecule has 7 heteroatoms. The number of carbonyl (C=O) groups is 1. The molecule has 0 spiro atoms. The van der Waals surface area contributed by atoms with Gasteiger partial charge in [-0.1, -0.05) is 35.5 Å². The third kappa shape index (κ3) is 4.61. The Kier molecular flexibility index (Phi) is 5.40. The molecule has 2 aromatic heterocycles. The molecule has 0 radical (unpaired) electrons. The molecular formula is C18H16ClN3O2S. The van der Waals surface area contributed by atoms with Crippen molar-refractivity contribution in [2.24, 2.45) is 0 Å². The van der Waals surface area contributed by atoms with E-state index in [1.165, 1.54) is 11.8 Å². The van der Waals surface area contributed by atoms with Gasteiger partial charge in [0.25, 0.3) is 5.91 Å². The molecule has 0 saturated heterocycles. The first-order valence-corrected chi connectivity index (χ1v) is 8.97. The lowest BCUT2D eigenvalue weighted by Gasteiger charge is -2.05. The van der Waals surface area contributed by atoms with Gasteiger partial charge in [0.2, 0.25) is 0 Å². The van der Waals surface area contributed by atoms with E-state index in [1.807, 2.05) is 19.9 Å². The summed E-state index contributed by atoms with van der Waals surface area (Å²) in [5.74, 6) is 1.11. The average molecular weight is 374 g/mol. The molecule has 3 rings (SSSR count). The van der Waals surface area contributed by atoms with Crippen molar-refractivity contribution in [3.63, 3.8) is 0 Å². The molecular weight excluding hydrogens is 358 g/mol. The van der Waals surface area contributed by atoms with E-state index in [9.17, 15) is 4.79 Å². The van der Waals surface area contributed by atoms with E-state index in [-0.39, 0.29) is 11.7 Å². The zero-order chi connectivity index (χ0) is 17.8. The first-order valence-electron chi connectivity index (χ1n) is 7.61. The van der Waals surface area contributed by atoms with Crippen molar-refractivity contribution in [1.29, 1.82) is 0 Å². The van der Waals surface area contributed by atoms with Crippen LogP contribution in [0, 0.1) is 13.8 Å². The van der Waals surface area contributed by atoms with Crippen molar-refractivity contribution in [2.75, 3.05) is 5.32 Å². The zero-order valence-corrected chi connectivity index (χ0v) is 15.3. The Hall–Kier alpha value is -2.31. The van der Waals surface area contributed by atoms with Crippen LogP contribution in [0.15, 0.2) is 52.0 Å². The number of para-hydroxylation sites is 1. The standard InChI is InChI=1S/C18H16ClN3O2S/c1-11-9-12(2)21-18(20-11)25-10-13-7-8-16(24-13)17(23)22-15-6-4-3-5-14(15)19/h3-9H,10H2,1-2H3,(H,22,23). The number of nitrogens with one attached hydrogen (secondary N) is 1. The number of benzene rings is 1. The van der Waals surface area contributed by atoms with E-state index >= 15 is 0 Å². The predicted octanol–water partition coefficient (Wildman–Crippen LogP) is 4.88. The Morgan fingerprint density at radius 2 is 1.88 bits per heavy atom. The lowest BCUT2D eigenvalue weighted by molar-refractivity contribution is 0.0995. The first kappa shape index (κ1) is 17.5. The fraction of sp³-hybridized carbons (Fsp3) is 0.167. The number of hydrogen-bond acceptors (Lipinski definition) is 5. The van der Waals surface area contributed by atoms with Crippen LogP contribution in [0.25, 0.3) is 0 Å². The van der Waals surface area contributed by atoms with Gasteiger partial charge in [0.1, 0.15) is 5.76 Å². The van der Waals surface area contributed by atoms with Crippen LogP contribution in [0.4, 0.5) is 5.69 Å². The van der Waals surface area contributed by atoms with Crippen molar-refractivity contribution in [3.8, 4) is 0 Å². The van der Waals surface area contributed by atoms with E-state index in [1.54, 1.807) is 36.4 Å². The minimum absolute atomic E-state index is 0.233. The SMILES string of the molecule is Cc1cc(C)nc(SCc2ccc(C(=O)Nc3ccccc3Cl)o2)n1. The monoisotopic (exact) mass is 373 g/mol. The van der Waals surface area contributed by atoms with Crippen molar-refractivity contribution in [1.82, 2.24) is 9.97 Å². The molecule has 25 heavy (non-hydrogen) atoms. The Bertz CT molecular complexity index is 891. The molecule has 0 saturated carbocycles. The molecule has 0 fully saturated rings. The summed E-state index contributed by atoms with van der Waals surface area (Å²) < 4.78 is 5.61. The topological polar surface area (TPSA) is 68.0 Å². The van der Waals surface area contributed by atoms with Gasteiger partial charge in [-0.25, -0.2) is 9.97 Å². The van der Waals surface area contributed by atoms with Gasteiger partial charge in [-0.3, -0.25) is 4.79 Å². The van der Waals surface area contributed by atoms with Crippen LogP contribution in [0.2, 0.25) is 5.02 Å². The van der Waals surface area contributed by atoms with Gasteiger partial charge in [-0.2, -0.15) is 0 Å². The van der Waals surface area contributed by atoms with Crippen LogP contribution in [-0.4, -0.2) is 15.9 Å². The highest BCUT2D eigenvalue weighted by Gasteiger charge is 2.13. The molecule has 0 aliphatic heterocycles. The van der Waals surface area contributed by atoms with Gasteiger partial charge >= 0.3 is 0 Å². The zero-order valence-electron chi connectivity index (χ0n) is 13.7. The molecule has 1 N–H and O–H groups in total. The van der Waals surface area contributed by atoms with Gasteiger partial charge in [0.15, 0.2) is 10.9 Å². The molecule has 5 nitrogen and oxygen atoms in total. The van der Waals surface area contributed by atoms with Crippen LogP contribution >= 0.6 is 23.4 Å². The Balaban J connectivity index is 1.64.